The van der Waals surface area contributed by atoms with E-state index in [-0.39, 0.29) is 0 Å². The van der Waals surface area contributed by atoms with Crippen LogP contribution in [0.1, 0.15) is 28.3 Å². The highest BCUT2D eigenvalue weighted by molar-refractivity contribution is 5.97. The topological polar surface area (TPSA) is 77.2 Å². The molecule has 1 aliphatic rings. The number of esters is 1. The summed E-state index contributed by atoms with van der Waals surface area (Å²) < 4.78 is 4.71. The molecule has 1 saturated carbocycles. The smallest absolute Gasteiger partial charge is 0.340 e. The first kappa shape index (κ1) is 13.4. The van der Waals surface area contributed by atoms with Crippen LogP contribution in [0.4, 0.5) is 11.5 Å². The summed E-state index contributed by atoms with van der Waals surface area (Å²) in [6.07, 6.45) is 2.60. The number of anilines is 2. The van der Waals surface area contributed by atoms with Gasteiger partial charge in [-0.05, 0) is 18.1 Å². The monoisotopic (exact) mass is 283 g/mol. The molecule has 2 aromatic rings. The van der Waals surface area contributed by atoms with E-state index < -0.39 is 5.97 Å². The fourth-order valence-corrected chi connectivity index (χ4v) is 2.47. The molecule has 0 radical (unpaired) electrons. The van der Waals surface area contributed by atoms with Gasteiger partial charge >= 0.3 is 5.97 Å². The van der Waals surface area contributed by atoms with Crippen molar-refractivity contribution in [2.45, 2.75) is 18.4 Å². The van der Waals surface area contributed by atoms with Crippen LogP contribution in [0.25, 0.3) is 0 Å². The SMILES string of the molecule is COC(=O)c1ccnc(NC2CC2c2ccccc2)c1N. The number of carbonyl (C=O) groups excluding carboxylic acids is 1. The van der Waals surface area contributed by atoms with Gasteiger partial charge in [0.25, 0.3) is 0 Å². The molecular weight excluding hydrogens is 266 g/mol. The lowest BCUT2D eigenvalue weighted by Gasteiger charge is -2.10. The summed E-state index contributed by atoms with van der Waals surface area (Å²) in [5.74, 6) is 0.559. The van der Waals surface area contributed by atoms with E-state index >= 15 is 0 Å². The van der Waals surface area contributed by atoms with Crippen molar-refractivity contribution in [3.8, 4) is 0 Å². The van der Waals surface area contributed by atoms with Crippen molar-refractivity contribution in [1.29, 1.82) is 0 Å². The van der Waals surface area contributed by atoms with E-state index in [0.717, 1.165) is 6.42 Å². The second-order valence-corrected chi connectivity index (χ2v) is 5.12. The Bertz CT molecular complexity index is 658. The Hall–Kier alpha value is -2.56. The largest absolute Gasteiger partial charge is 0.465 e. The Morgan fingerprint density at radius 3 is 2.81 bits per heavy atom. The molecule has 108 valence electrons. The lowest BCUT2D eigenvalue weighted by molar-refractivity contribution is 0.0602. The number of nitrogen functional groups attached to an aromatic ring is 1. The van der Waals surface area contributed by atoms with Crippen LogP contribution in [-0.4, -0.2) is 24.1 Å². The van der Waals surface area contributed by atoms with E-state index in [2.05, 4.69) is 22.4 Å². The molecule has 3 rings (SSSR count). The van der Waals surface area contributed by atoms with Crippen LogP contribution in [0.5, 0.6) is 0 Å². The molecule has 2 unspecified atom stereocenters. The standard InChI is InChI=1S/C16H17N3O2/c1-21-16(20)11-7-8-18-15(14(11)17)19-13-9-12(13)10-5-3-2-4-6-10/h2-8,12-13H,9,17H2,1H3,(H,18,19). The number of ether oxygens (including phenoxy) is 1. The molecule has 3 N–H and O–H groups in total. The number of nitrogens with zero attached hydrogens (tertiary/aromatic N) is 1. The molecule has 0 spiro atoms. The Morgan fingerprint density at radius 2 is 2.10 bits per heavy atom. The minimum absolute atomic E-state index is 0.301. The minimum atomic E-state index is -0.451. The number of nitrogens with one attached hydrogen (secondary N) is 1. The van der Waals surface area contributed by atoms with E-state index in [1.165, 1.54) is 12.7 Å². The molecule has 21 heavy (non-hydrogen) atoms. The lowest BCUT2D eigenvalue weighted by Crippen LogP contribution is -2.12. The molecular formula is C16H17N3O2. The number of hydrogen-bond acceptors (Lipinski definition) is 5. The van der Waals surface area contributed by atoms with Gasteiger partial charge in [0.05, 0.1) is 18.4 Å². The van der Waals surface area contributed by atoms with Gasteiger partial charge < -0.3 is 15.8 Å². The number of benzene rings is 1. The number of pyridine rings is 1. The first-order valence-corrected chi connectivity index (χ1v) is 6.85. The van der Waals surface area contributed by atoms with Gasteiger partial charge in [-0.1, -0.05) is 30.3 Å². The van der Waals surface area contributed by atoms with Crippen molar-refractivity contribution < 1.29 is 9.53 Å². The van der Waals surface area contributed by atoms with Gasteiger partial charge in [-0.2, -0.15) is 0 Å². The third kappa shape index (κ3) is 2.67. The average molecular weight is 283 g/mol. The Balaban J connectivity index is 1.74. The zero-order valence-electron chi connectivity index (χ0n) is 11.7. The van der Waals surface area contributed by atoms with Gasteiger partial charge in [0.15, 0.2) is 0 Å². The molecule has 0 amide bonds. The summed E-state index contributed by atoms with van der Waals surface area (Å²) in [4.78, 5) is 15.8. The quantitative estimate of drug-likeness (QED) is 0.843. The molecule has 5 nitrogen and oxygen atoms in total. The summed E-state index contributed by atoms with van der Waals surface area (Å²) in [7, 11) is 1.33. The maximum Gasteiger partial charge on any atom is 0.340 e. The summed E-state index contributed by atoms with van der Waals surface area (Å²) in [5.41, 5.74) is 7.97. The fourth-order valence-electron chi connectivity index (χ4n) is 2.47. The van der Waals surface area contributed by atoms with E-state index in [9.17, 15) is 4.79 Å². The fraction of sp³-hybridized carbons (Fsp3) is 0.250. The Morgan fingerprint density at radius 1 is 1.33 bits per heavy atom. The van der Waals surface area contributed by atoms with E-state index in [1.54, 1.807) is 12.3 Å². The van der Waals surface area contributed by atoms with Crippen LogP contribution in [0, 0.1) is 0 Å². The highest BCUT2D eigenvalue weighted by atomic mass is 16.5. The second-order valence-electron chi connectivity index (χ2n) is 5.12. The van der Waals surface area contributed by atoms with Crippen molar-refractivity contribution in [2.24, 2.45) is 0 Å². The normalized spacial score (nSPS) is 19.9. The first-order valence-electron chi connectivity index (χ1n) is 6.85. The maximum atomic E-state index is 11.6. The van der Waals surface area contributed by atoms with Crippen LogP contribution in [0.3, 0.4) is 0 Å². The molecule has 1 heterocycles. The van der Waals surface area contributed by atoms with Gasteiger partial charge in [0.2, 0.25) is 0 Å². The highest BCUT2D eigenvalue weighted by Crippen LogP contribution is 2.43. The maximum absolute atomic E-state index is 11.6. The third-order valence-electron chi connectivity index (χ3n) is 3.74. The Labute approximate surface area is 123 Å². The van der Waals surface area contributed by atoms with Crippen LogP contribution >= 0.6 is 0 Å². The molecule has 1 aromatic heterocycles. The lowest BCUT2D eigenvalue weighted by atomic mass is 10.1. The molecule has 2 atom stereocenters. The van der Waals surface area contributed by atoms with E-state index in [0.29, 0.717) is 29.0 Å². The number of aromatic nitrogens is 1. The average Bonchev–Trinajstić information content (AvgIpc) is 3.29. The summed E-state index contributed by atoms with van der Waals surface area (Å²) >= 11 is 0. The van der Waals surface area contributed by atoms with Crippen LogP contribution in [0.15, 0.2) is 42.6 Å². The number of nitrogens with two attached hydrogens (primary N) is 1. The van der Waals surface area contributed by atoms with Gasteiger partial charge in [-0.15, -0.1) is 0 Å². The van der Waals surface area contributed by atoms with Crippen molar-refractivity contribution >= 4 is 17.5 Å². The van der Waals surface area contributed by atoms with Crippen LogP contribution in [0.2, 0.25) is 0 Å². The van der Waals surface area contributed by atoms with Gasteiger partial charge in [0.1, 0.15) is 5.82 Å². The zero-order chi connectivity index (χ0) is 14.8. The third-order valence-corrected chi connectivity index (χ3v) is 3.74. The van der Waals surface area contributed by atoms with Gasteiger partial charge in [-0.25, -0.2) is 9.78 Å². The van der Waals surface area contributed by atoms with Crippen molar-refractivity contribution in [3.05, 3.63) is 53.7 Å². The molecule has 1 aliphatic carbocycles. The minimum Gasteiger partial charge on any atom is -0.465 e. The van der Waals surface area contributed by atoms with Crippen LogP contribution in [-0.2, 0) is 4.74 Å². The van der Waals surface area contributed by atoms with Crippen molar-refractivity contribution in [3.63, 3.8) is 0 Å². The second kappa shape index (κ2) is 5.44. The number of methoxy groups -OCH3 is 1. The highest BCUT2D eigenvalue weighted by Gasteiger charge is 2.38. The molecule has 0 saturated heterocycles. The summed E-state index contributed by atoms with van der Waals surface area (Å²) in [5, 5.41) is 3.31. The molecule has 1 aromatic carbocycles. The first-order chi connectivity index (χ1) is 10.2. The van der Waals surface area contributed by atoms with Gasteiger partial charge in [-0.3, -0.25) is 0 Å². The predicted molar refractivity (Wildman–Crippen MR) is 81.2 cm³/mol. The number of hydrogen-bond donors (Lipinski definition) is 2. The van der Waals surface area contributed by atoms with Crippen molar-refractivity contribution in [1.82, 2.24) is 4.98 Å². The van der Waals surface area contributed by atoms with Gasteiger partial charge in [0, 0.05) is 18.2 Å². The van der Waals surface area contributed by atoms with E-state index in [4.69, 9.17) is 10.5 Å². The van der Waals surface area contributed by atoms with Crippen molar-refractivity contribution in [2.75, 3.05) is 18.2 Å². The summed E-state index contributed by atoms with van der Waals surface area (Å²) in [6.45, 7) is 0. The molecule has 0 aliphatic heterocycles. The van der Waals surface area contributed by atoms with E-state index in [1.807, 2.05) is 18.2 Å². The zero-order valence-corrected chi connectivity index (χ0v) is 11.7. The van der Waals surface area contributed by atoms with Crippen LogP contribution < -0.4 is 11.1 Å². The predicted octanol–water partition coefficient (Wildman–Crippen LogP) is 2.42. The summed E-state index contributed by atoms with van der Waals surface area (Å²) in [6, 6.07) is 12.2. The molecule has 5 heteroatoms. The molecule has 1 fully saturated rings. The number of carbonyl (C=O) groups is 1. The number of rotatable bonds is 4. The Kier molecular flexibility index (Phi) is 3.48. The molecule has 0 bridgehead atoms.